The van der Waals surface area contributed by atoms with Gasteiger partial charge >= 0.3 is 5.69 Å². The largest absolute Gasteiger partial charge is 0.497 e. The molecule has 0 saturated carbocycles. The fraction of sp³-hybridized carbons (Fsp3) is 0.227. The predicted octanol–water partition coefficient (Wildman–Crippen LogP) is 2.23. The van der Waals surface area contributed by atoms with Crippen LogP contribution in [-0.2, 0) is 6.54 Å². The number of nitrogen functional groups attached to an aromatic ring is 1. The standard InChI is InChI=1S/C22H24N4O4/c1-3-13-25(21(28)16-9-11-17(30-2)12-10-16)18-19(23)26(22(29)24-20(18)27)14-15-7-5-4-6-8-15/h4-12H,3,13-14,23H2,1-2H3,(H,24,27,29). The lowest BCUT2D eigenvalue weighted by molar-refractivity contribution is 0.0986. The number of carbonyl (C=O) groups is 1. The molecule has 0 spiro atoms. The number of nitrogens with zero attached hydrogens (tertiary/aromatic N) is 2. The van der Waals surface area contributed by atoms with E-state index >= 15 is 0 Å². The quantitative estimate of drug-likeness (QED) is 0.623. The topological polar surface area (TPSA) is 110 Å². The Bertz CT molecular complexity index is 1130. The van der Waals surface area contributed by atoms with Crippen molar-refractivity contribution in [2.24, 2.45) is 0 Å². The second kappa shape index (κ2) is 9.13. The van der Waals surface area contributed by atoms with E-state index in [9.17, 15) is 14.4 Å². The molecular formula is C22H24N4O4. The van der Waals surface area contributed by atoms with E-state index < -0.39 is 11.2 Å². The summed E-state index contributed by atoms with van der Waals surface area (Å²) in [6, 6.07) is 15.8. The van der Waals surface area contributed by atoms with Gasteiger partial charge in [0, 0.05) is 12.1 Å². The molecule has 3 aromatic rings. The molecule has 8 heteroatoms. The van der Waals surface area contributed by atoms with Crippen LogP contribution in [0.25, 0.3) is 0 Å². The van der Waals surface area contributed by atoms with Gasteiger partial charge < -0.3 is 15.4 Å². The summed E-state index contributed by atoms with van der Waals surface area (Å²) in [5, 5.41) is 0. The van der Waals surface area contributed by atoms with Crippen molar-refractivity contribution in [3.63, 3.8) is 0 Å². The van der Waals surface area contributed by atoms with Gasteiger partial charge in [-0.05, 0) is 36.2 Å². The molecule has 156 valence electrons. The van der Waals surface area contributed by atoms with E-state index in [1.165, 1.54) is 16.6 Å². The summed E-state index contributed by atoms with van der Waals surface area (Å²) in [5.41, 5.74) is 6.12. The van der Waals surface area contributed by atoms with Crippen LogP contribution < -0.4 is 26.6 Å². The maximum Gasteiger partial charge on any atom is 0.330 e. The Balaban J connectivity index is 2.07. The van der Waals surface area contributed by atoms with Crippen LogP contribution in [0.2, 0.25) is 0 Å². The highest BCUT2D eigenvalue weighted by molar-refractivity contribution is 6.07. The lowest BCUT2D eigenvalue weighted by Gasteiger charge is -2.24. The van der Waals surface area contributed by atoms with Crippen molar-refractivity contribution in [2.45, 2.75) is 19.9 Å². The third-order valence-electron chi connectivity index (χ3n) is 4.70. The van der Waals surface area contributed by atoms with Gasteiger partial charge in [0.15, 0.2) is 5.69 Å². The maximum absolute atomic E-state index is 13.2. The molecule has 3 N–H and O–H groups in total. The van der Waals surface area contributed by atoms with Crippen LogP contribution in [0.4, 0.5) is 11.5 Å². The molecule has 3 rings (SSSR count). The minimum atomic E-state index is -0.697. The van der Waals surface area contributed by atoms with Crippen LogP contribution in [0.15, 0.2) is 64.2 Å². The van der Waals surface area contributed by atoms with Gasteiger partial charge in [-0.25, -0.2) is 4.79 Å². The number of hydrogen-bond donors (Lipinski definition) is 2. The Morgan fingerprint density at radius 2 is 1.77 bits per heavy atom. The Morgan fingerprint density at radius 1 is 1.10 bits per heavy atom. The van der Waals surface area contributed by atoms with Gasteiger partial charge in [-0.15, -0.1) is 0 Å². The van der Waals surface area contributed by atoms with Crippen molar-refractivity contribution >= 4 is 17.4 Å². The molecule has 0 unspecified atom stereocenters. The molecule has 0 bridgehead atoms. The summed E-state index contributed by atoms with van der Waals surface area (Å²) < 4.78 is 6.39. The van der Waals surface area contributed by atoms with Crippen LogP contribution in [0.3, 0.4) is 0 Å². The van der Waals surface area contributed by atoms with E-state index in [1.54, 1.807) is 24.3 Å². The van der Waals surface area contributed by atoms with E-state index in [0.717, 1.165) is 5.56 Å². The number of aromatic nitrogens is 2. The van der Waals surface area contributed by atoms with Crippen molar-refractivity contribution in [2.75, 3.05) is 24.3 Å². The molecule has 1 aromatic heterocycles. The van der Waals surface area contributed by atoms with Crippen LogP contribution in [0.1, 0.15) is 29.3 Å². The predicted molar refractivity (Wildman–Crippen MR) is 116 cm³/mol. The van der Waals surface area contributed by atoms with Crippen molar-refractivity contribution < 1.29 is 9.53 Å². The summed E-state index contributed by atoms with van der Waals surface area (Å²) in [6.07, 6.45) is 0.596. The van der Waals surface area contributed by atoms with E-state index in [4.69, 9.17) is 10.5 Å². The average Bonchev–Trinajstić information content (AvgIpc) is 2.76. The number of carbonyl (C=O) groups excluding carboxylic acids is 1. The normalized spacial score (nSPS) is 10.6. The average molecular weight is 408 g/mol. The Kier molecular flexibility index (Phi) is 6.36. The first-order valence-electron chi connectivity index (χ1n) is 9.58. The molecule has 1 amide bonds. The second-order valence-electron chi connectivity index (χ2n) is 6.75. The summed E-state index contributed by atoms with van der Waals surface area (Å²) >= 11 is 0. The fourth-order valence-electron chi connectivity index (χ4n) is 3.19. The number of anilines is 2. The molecule has 0 radical (unpaired) electrons. The van der Waals surface area contributed by atoms with Crippen molar-refractivity contribution in [1.29, 1.82) is 0 Å². The zero-order valence-corrected chi connectivity index (χ0v) is 16.9. The third kappa shape index (κ3) is 4.27. The number of nitrogens with one attached hydrogen (secondary N) is 1. The van der Waals surface area contributed by atoms with Gasteiger partial charge in [0.1, 0.15) is 11.6 Å². The highest BCUT2D eigenvalue weighted by atomic mass is 16.5. The molecule has 0 aliphatic heterocycles. The summed E-state index contributed by atoms with van der Waals surface area (Å²) in [7, 11) is 1.54. The Labute approximate surface area is 173 Å². The molecular weight excluding hydrogens is 384 g/mol. The van der Waals surface area contributed by atoms with E-state index in [1.807, 2.05) is 37.3 Å². The van der Waals surface area contributed by atoms with Gasteiger partial charge in [-0.1, -0.05) is 37.3 Å². The smallest absolute Gasteiger partial charge is 0.330 e. The number of amides is 1. The SMILES string of the molecule is CCCN(C(=O)c1ccc(OC)cc1)c1c(N)n(Cc2ccccc2)c(=O)[nH]c1=O. The molecule has 1 heterocycles. The summed E-state index contributed by atoms with van der Waals surface area (Å²) in [5.74, 6) is 0.173. The molecule has 0 aliphatic carbocycles. The molecule has 0 atom stereocenters. The summed E-state index contributed by atoms with van der Waals surface area (Å²) in [4.78, 5) is 41.9. The minimum Gasteiger partial charge on any atom is -0.497 e. The minimum absolute atomic E-state index is 0.0341. The lowest BCUT2D eigenvalue weighted by Crippen LogP contribution is -2.41. The zero-order chi connectivity index (χ0) is 21.7. The van der Waals surface area contributed by atoms with E-state index in [2.05, 4.69) is 4.98 Å². The Morgan fingerprint density at radius 3 is 2.37 bits per heavy atom. The second-order valence-corrected chi connectivity index (χ2v) is 6.75. The highest BCUT2D eigenvalue weighted by Gasteiger charge is 2.24. The van der Waals surface area contributed by atoms with Crippen LogP contribution >= 0.6 is 0 Å². The number of ether oxygens (including phenoxy) is 1. The van der Waals surface area contributed by atoms with E-state index in [-0.39, 0.29) is 30.5 Å². The van der Waals surface area contributed by atoms with Crippen LogP contribution in [-0.4, -0.2) is 29.1 Å². The van der Waals surface area contributed by atoms with Crippen molar-refractivity contribution in [1.82, 2.24) is 9.55 Å². The number of H-pyrrole nitrogens is 1. The monoisotopic (exact) mass is 408 g/mol. The number of benzene rings is 2. The first kappa shape index (κ1) is 20.9. The van der Waals surface area contributed by atoms with Gasteiger partial charge in [-0.3, -0.25) is 19.1 Å². The van der Waals surface area contributed by atoms with Gasteiger partial charge in [0.25, 0.3) is 11.5 Å². The van der Waals surface area contributed by atoms with Crippen molar-refractivity contribution in [3.05, 3.63) is 86.6 Å². The number of nitrogens with two attached hydrogens (primary N) is 1. The molecule has 30 heavy (non-hydrogen) atoms. The van der Waals surface area contributed by atoms with Crippen molar-refractivity contribution in [3.8, 4) is 5.75 Å². The van der Waals surface area contributed by atoms with Crippen LogP contribution in [0, 0.1) is 0 Å². The molecule has 2 aromatic carbocycles. The van der Waals surface area contributed by atoms with Crippen LogP contribution in [0.5, 0.6) is 5.75 Å². The maximum atomic E-state index is 13.2. The fourth-order valence-corrected chi connectivity index (χ4v) is 3.19. The summed E-state index contributed by atoms with van der Waals surface area (Å²) in [6.45, 7) is 2.33. The lowest BCUT2D eigenvalue weighted by atomic mass is 10.1. The molecule has 0 aliphatic rings. The number of rotatable bonds is 7. The molecule has 0 saturated heterocycles. The number of hydrogen-bond acceptors (Lipinski definition) is 5. The van der Waals surface area contributed by atoms with Gasteiger partial charge in [0.05, 0.1) is 13.7 Å². The first-order valence-corrected chi connectivity index (χ1v) is 9.58. The highest BCUT2D eigenvalue weighted by Crippen LogP contribution is 2.21. The molecule has 0 fully saturated rings. The van der Waals surface area contributed by atoms with Gasteiger partial charge in [0.2, 0.25) is 0 Å². The van der Waals surface area contributed by atoms with Gasteiger partial charge in [-0.2, -0.15) is 0 Å². The first-order chi connectivity index (χ1) is 14.5. The number of aromatic amines is 1. The number of methoxy groups -OCH3 is 1. The van der Waals surface area contributed by atoms with E-state index in [0.29, 0.717) is 17.7 Å². The molecule has 8 nitrogen and oxygen atoms in total. The zero-order valence-electron chi connectivity index (χ0n) is 16.9. The third-order valence-corrected chi connectivity index (χ3v) is 4.70. The Hall–Kier alpha value is -3.81.